The zero-order valence-corrected chi connectivity index (χ0v) is 17.7. The fourth-order valence-electron chi connectivity index (χ4n) is 4.33. The second-order valence-electron chi connectivity index (χ2n) is 7.73. The maximum Gasteiger partial charge on any atom is 0.324 e. The number of nitrogens with zero attached hydrogens (tertiary/aromatic N) is 1. The highest BCUT2D eigenvalue weighted by Gasteiger charge is 2.47. The maximum absolute atomic E-state index is 13.5. The third-order valence-corrected chi connectivity index (χ3v) is 7.74. The Morgan fingerprint density at radius 2 is 1.73 bits per heavy atom. The van der Waals surface area contributed by atoms with E-state index >= 15 is 0 Å². The summed E-state index contributed by atoms with van der Waals surface area (Å²) in [4.78, 5) is 25.4. The Labute approximate surface area is 176 Å². The summed E-state index contributed by atoms with van der Waals surface area (Å²) in [5, 5.41) is 0. The van der Waals surface area contributed by atoms with E-state index in [1.165, 1.54) is 23.5 Å². The summed E-state index contributed by atoms with van der Waals surface area (Å²) in [6.07, 6.45) is 0.515. The number of aryl methyl sites for hydroxylation is 1. The Morgan fingerprint density at radius 3 is 2.37 bits per heavy atom. The van der Waals surface area contributed by atoms with Gasteiger partial charge in [0, 0.05) is 18.5 Å². The number of rotatable bonds is 4. The van der Waals surface area contributed by atoms with Crippen LogP contribution in [0.4, 0.5) is 0 Å². The molecular formula is C23H23NO5S. The molecule has 0 spiro atoms. The van der Waals surface area contributed by atoms with Crippen LogP contribution >= 0.6 is 0 Å². The van der Waals surface area contributed by atoms with Gasteiger partial charge in [0.15, 0.2) is 5.78 Å². The van der Waals surface area contributed by atoms with Crippen molar-refractivity contribution < 1.29 is 22.7 Å². The zero-order chi connectivity index (χ0) is 21.5. The van der Waals surface area contributed by atoms with E-state index in [-0.39, 0.29) is 36.0 Å². The lowest BCUT2D eigenvalue weighted by molar-refractivity contribution is -0.146. The van der Waals surface area contributed by atoms with Gasteiger partial charge in [-0.05, 0) is 42.5 Å². The molecule has 0 bridgehead atoms. The molecule has 1 aliphatic heterocycles. The second kappa shape index (κ2) is 7.81. The standard InChI is InChI=1S/C23H23NO5S/c1-15-8-10-18(11-9-15)30(27,28)24-14-19-17(12-20(24)23(26)29-2)13-21(25)22(19)16-6-4-3-5-7-16/h3-11,17,20H,12-14H2,1-2H3/t17-,20-/m1/s1. The molecule has 1 saturated heterocycles. The summed E-state index contributed by atoms with van der Waals surface area (Å²) >= 11 is 0. The number of hydrogen-bond acceptors (Lipinski definition) is 5. The van der Waals surface area contributed by atoms with Gasteiger partial charge in [-0.15, -0.1) is 0 Å². The van der Waals surface area contributed by atoms with E-state index < -0.39 is 22.0 Å². The number of piperidine rings is 1. The normalized spacial score (nSPS) is 22.1. The molecule has 2 atom stereocenters. The van der Waals surface area contributed by atoms with E-state index in [2.05, 4.69) is 0 Å². The predicted octanol–water partition coefficient (Wildman–Crippen LogP) is 2.97. The average molecular weight is 426 g/mol. The van der Waals surface area contributed by atoms with Gasteiger partial charge in [0.2, 0.25) is 10.0 Å². The number of fused-ring (bicyclic) bond motifs is 1. The van der Waals surface area contributed by atoms with Gasteiger partial charge in [-0.1, -0.05) is 48.0 Å². The van der Waals surface area contributed by atoms with Crippen LogP contribution in [0.15, 0.2) is 65.1 Å². The number of hydrogen-bond donors (Lipinski definition) is 0. The lowest BCUT2D eigenvalue weighted by Crippen LogP contribution is -2.50. The number of benzene rings is 2. The first-order valence-electron chi connectivity index (χ1n) is 9.81. The van der Waals surface area contributed by atoms with Crippen molar-refractivity contribution in [2.75, 3.05) is 13.7 Å². The van der Waals surface area contributed by atoms with Gasteiger partial charge in [0.05, 0.1) is 12.0 Å². The van der Waals surface area contributed by atoms with Crippen LogP contribution in [-0.4, -0.2) is 44.2 Å². The van der Waals surface area contributed by atoms with Gasteiger partial charge in [-0.2, -0.15) is 4.31 Å². The molecule has 6 nitrogen and oxygen atoms in total. The second-order valence-corrected chi connectivity index (χ2v) is 9.62. The Hall–Kier alpha value is -2.77. The van der Waals surface area contributed by atoms with Crippen molar-refractivity contribution in [2.24, 2.45) is 5.92 Å². The SMILES string of the molecule is COC(=O)[C@H]1C[C@@H]2CC(=O)C(c3ccccc3)=C2CN1S(=O)(=O)c1ccc(C)cc1. The molecular weight excluding hydrogens is 402 g/mol. The molecule has 1 fully saturated rings. The largest absolute Gasteiger partial charge is 0.468 e. The number of carbonyl (C=O) groups is 2. The number of ether oxygens (including phenoxy) is 1. The molecule has 0 aromatic heterocycles. The van der Waals surface area contributed by atoms with Gasteiger partial charge < -0.3 is 4.74 Å². The lowest BCUT2D eigenvalue weighted by Gasteiger charge is -2.37. The number of carbonyl (C=O) groups excluding carboxylic acids is 2. The van der Waals surface area contributed by atoms with Crippen LogP contribution in [0.1, 0.15) is 24.0 Å². The van der Waals surface area contributed by atoms with Crippen LogP contribution in [0.2, 0.25) is 0 Å². The van der Waals surface area contributed by atoms with Crippen LogP contribution in [0, 0.1) is 12.8 Å². The van der Waals surface area contributed by atoms with E-state index in [0.717, 1.165) is 16.7 Å². The number of methoxy groups -OCH3 is 1. The van der Waals surface area contributed by atoms with Crippen molar-refractivity contribution in [3.8, 4) is 0 Å². The van der Waals surface area contributed by atoms with Gasteiger partial charge in [-0.25, -0.2) is 8.42 Å². The summed E-state index contributed by atoms with van der Waals surface area (Å²) in [7, 11) is -2.71. The van der Waals surface area contributed by atoms with Crippen molar-refractivity contribution in [3.05, 3.63) is 71.3 Å². The fourth-order valence-corrected chi connectivity index (χ4v) is 5.90. The van der Waals surface area contributed by atoms with E-state index in [1.54, 1.807) is 12.1 Å². The van der Waals surface area contributed by atoms with Crippen LogP contribution < -0.4 is 0 Å². The molecule has 0 saturated carbocycles. The molecule has 2 aromatic rings. The summed E-state index contributed by atoms with van der Waals surface area (Å²) in [5.41, 5.74) is 3.08. The average Bonchev–Trinajstić information content (AvgIpc) is 3.08. The Balaban J connectivity index is 1.81. The number of ketones is 1. The molecule has 1 aliphatic carbocycles. The Morgan fingerprint density at radius 1 is 1.07 bits per heavy atom. The number of sulfonamides is 1. The quantitative estimate of drug-likeness (QED) is 0.704. The van der Waals surface area contributed by atoms with E-state index in [4.69, 9.17) is 4.74 Å². The highest BCUT2D eigenvalue weighted by atomic mass is 32.2. The van der Waals surface area contributed by atoms with Crippen molar-refractivity contribution in [3.63, 3.8) is 0 Å². The fraction of sp³-hybridized carbons (Fsp3) is 0.304. The predicted molar refractivity (Wildman–Crippen MR) is 112 cm³/mol. The topological polar surface area (TPSA) is 80.8 Å². The minimum Gasteiger partial charge on any atom is -0.468 e. The zero-order valence-electron chi connectivity index (χ0n) is 16.9. The Kier molecular flexibility index (Phi) is 5.34. The minimum absolute atomic E-state index is 0.00336. The number of esters is 1. The van der Waals surface area contributed by atoms with Crippen molar-refractivity contribution in [1.82, 2.24) is 4.31 Å². The van der Waals surface area contributed by atoms with Gasteiger partial charge in [-0.3, -0.25) is 9.59 Å². The van der Waals surface area contributed by atoms with Crippen LogP contribution in [0.3, 0.4) is 0 Å². The Bertz CT molecular complexity index is 1120. The van der Waals surface area contributed by atoms with Crippen LogP contribution in [0.5, 0.6) is 0 Å². The molecule has 0 radical (unpaired) electrons. The molecule has 4 rings (SSSR count). The molecule has 0 N–H and O–H groups in total. The van der Waals surface area contributed by atoms with Crippen LogP contribution in [-0.2, 0) is 24.3 Å². The van der Waals surface area contributed by atoms with Crippen molar-refractivity contribution >= 4 is 27.3 Å². The molecule has 0 amide bonds. The molecule has 7 heteroatoms. The molecule has 30 heavy (non-hydrogen) atoms. The summed E-state index contributed by atoms with van der Waals surface area (Å²) in [6, 6.07) is 14.8. The molecule has 156 valence electrons. The third-order valence-electron chi connectivity index (χ3n) is 5.87. The van der Waals surface area contributed by atoms with E-state index in [0.29, 0.717) is 5.57 Å². The minimum atomic E-state index is -3.96. The first kappa shape index (κ1) is 20.5. The van der Waals surface area contributed by atoms with E-state index in [1.807, 2.05) is 37.3 Å². The summed E-state index contributed by atoms with van der Waals surface area (Å²) in [6.45, 7) is 1.87. The van der Waals surface area contributed by atoms with E-state index in [9.17, 15) is 18.0 Å². The number of Topliss-reactive ketones (excluding diaryl/α,β-unsaturated/α-hetero) is 1. The molecule has 0 unspecified atom stereocenters. The highest BCUT2D eigenvalue weighted by molar-refractivity contribution is 7.89. The van der Waals surface area contributed by atoms with Crippen molar-refractivity contribution in [2.45, 2.75) is 30.7 Å². The first-order valence-corrected chi connectivity index (χ1v) is 11.2. The molecule has 2 aliphatic rings. The highest BCUT2D eigenvalue weighted by Crippen LogP contribution is 2.43. The van der Waals surface area contributed by atoms with Gasteiger partial charge in [0.25, 0.3) is 0 Å². The monoisotopic (exact) mass is 425 g/mol. The molecule has 1 heterocycles. The lowest BCUT2D eigenvalue weighted by atomic mass is 9.88. The van der Waals surface area contributed by atoms with Crippen LogP contribution in [0.25, 0.3) is 5.57 Å². The maximum atomic E-state index is 13.5. The smallest absolute Gasteiger partial charge is 0.324 e. The molecule has 2 aromatic carbocycles. The summed E-state index contributed by atoms with van der Waals surface area (Å²) in [5.74, 6) is -0.786. The van der Waals surface area contributed by atoms with Crippen molar-refractivity contribution in [1.29, 1.82) is 0 Å². The van der Waals surface area contributed by atoms with Gasteiger partial charge in [0.1, 0.15) is 6.04 Å². The third kappa shape index (κ3) is 3.48. The summed E-state index contributed by atoms with van der Waals surface area (Å²) < 4.78 is 33.0. The van der Waals surface area contributed by atoms with Gasteiger partial charge >= 0.3 is 5.97 Å². The number of allylic oxidation sites excluding steroid dienone is 1. The first-order chi connectivity index (χ1) is 14.3.